The fraction of sp³-hybridized carbons (Fsp3) is 0.444. The van der Waals surface area contributed by atoms with Gasteiger partial charge in [0.1, 0.15) is 23.3 Å². The van der Waals surface area contributed by atoms with Crippen LogP contribution < -0.4 is 4.72 Å². The maximum Gasteiger partial charge on any atom is 0.248 e. The van der Waals surface area contributed by atoms with Crippen molar-refractivity contribution in [3.05, 3.63) is 88.2 Å². The molecule has 0 amide bonds. The molecule has 0 radical (unpaired) electrons. The Morgan fingerprint density at radius 3 is 2.59 bits per heavy atom. The van der Waals surface area contributed by atoms with Crippen LogP contribution in [0.1, 0.15) is 62.7 Å². The molecule has 2 heterocycles. The maximum atomic E-state index is 14.5. The quantitative estimate of drug-likeness (QED) is 0.117. The van der Waals surface area contributed by atoms with Gasteiger partial charge in [-0.15, -0.1) is 11.8 Å². The van der Waals surface area contributed by atoms with E-state index >= 15 is 0 Å². The van der Waals surface area contributed by atoms with Crippen molar-refractivity contribution >= 4 is 62.8 Å². The highest BCUT2D eigenvalue weighted by Gasteiger charge is 2.40. The summed E-state index contributed by atoms with van der Waals surface area (Å²) >= 11 is 1.52. The lowest BCUT2D eigenvalue weighted by Crippen LogP contribution is -2.38. The molecular weight excluding hydrogens is 691 g/mol. The monoisotopic (exact) mass is 737 g/mol. The number of rotatable bonds is 12. The highest BCUT2D eigenvalue weighted by Crippen LogP contribution is 2.39. The van der Waals surface area contributed by atoms with Crippen molar-refractivity contribution in [2.24, 2.45) is 0 Å². The van der Waals surface area contributed by atoms with Gasteiger partial charge in [-0.05, 0) is 94.8 Å². The van der Waals surface area contributed by atoms with Crippen LogP contribution in [0.25, 0.3) is 21.9 Å². The molecule has 3 unspecified atom stereocenters. The largest absolute Gasteiger partial charge is 0.361 e. The van der Waals surface area contributed by atoms with Crippen LogP contribution in [0.3, 0.4) is 0 Å². The second kappa shape index (κ2) is 14.0. The van der Waals surface area contributed by atoms with Crippen molar-refractivity contribution < 1.29 is 17.4 Å². The number of imidazole rings is 1. The Morgan fingerprint density at radius 2 is 1.94 bits per heavy atom. The number of ether oxygens (including phenoxy) is 1. The molecule has 0 saturated heterocycles. The maximum absolute atomic E-state index is 14.5. The second-order valence-corrected chi connectivity index (χ2v) is 25.8. The van der Waals surface area contributed by atoms with Gasteiger partial charge < -0.3 is 9.30 Å². The lowest BCUT2D eigenvalue weighted by atomic mass is 10.00. The summed E-state index contributed by atoms with van der Waals surface area (Å²) in [4.78, 5) is 5.96. The summed E-state index contributed by atoms with van der Waals surface area (Å²) in [6, 6.07) is 13.6. The Hall–Kier alpha value is -2.99. The van der Waals surface area contributed by atoms with Gasteiger partial charge in [0.25, 0.3) is 0 Å². The van der Waals surface area contributed by atoms with Crippen LogP contribution in [-0.2, 0) is 32.5 Å². The average molecular weight is 738 g/mol. The van der Waals surface area contributed by atoms with E-state index in [9.17, 15) is 17.9 Å². The molecule has 5 rings (SSSR count). The number of hydrogen-bond acceptors (Lipinski definition) is 7. The summed E-state index contributed by atoms with van der Waals surface area (Å²) in [5.74, 6) is 0.563. The summed E-state index contributed by atoms with van der Waals surface area (Å²) in [6.07, 6.45) is 9.66. The first-order valence-corrected chi connectivity index (χ1v) is 23.9. The SMILES string of the molecule is CSC1=CC(C)(S(=O)(=O)n2ccc3c(C(NS(=O)C(C)(C)C)c4nc5ccc(C#N)cc5n4COCC[Si](C)(C)C)ccc(C)c32)CC=C1. The Labute approximate surface area is 298 Å². The van der Waals surface area contributed by atoms with E-state index in [0.29, 0.717) is 40.8 Å². The minimum Gasteiger partial charge on any atom is -0.361 e. The molecule has 13 heteroatoms. The van der Waals surface area contributed by atoms with Gasteiger partial charge in [-0.2, -0.15) is 5.26 Å². The number of fused-ring (bicyclic) bond motifs is 2. The van der Waals surface area contributed by atoms with Crippen LogP contribution in [0.5, 0.6) is 0 Å². The van der Waals surface area contributed by atoms with E-state index in [1.807, 2.05) is 81.0 Å². The molecule has 262 valence electrons. The lowest BCUT2D eigenvalue weighted by molar-refractivity contribution is 0.0873. The molecule has 4 aromatic rings. The van der Waals surface area contributed by atoms with Crippen LogP contribution in [-0.4, -0.2) is 56.6 Å². The smallest absolute Gasteiger partial charge is 0.248 e. The van der Waals surface area contributed by atoms with E-state index in [-0.39, 0.29) is 6.73 Å². The normalized spacial score (nSPS) is 18.5. The number of aryl methyl sites for hydroxylation is 1. The van der Waals surface area contributed by atoms with E-state index in [2.05, 4.69) is 30.4 Å². The molecule has 0 saturated carbocycles. The number of aromatic nitrogens is 3. The molecule has 1 aliphatic rings. The Morgan fingerprint density at radius 1 is 1.20 bits per heavy atom. The van der Waals surface area contributed by atoms with Gasteiger partial charge in [-0.1, -0.05) is 43.9 Å². The van der Waals surface area contributed by atoms with E-state index < -0.39 is 44.6 Å². The van der Waals surface area contributed by atoms with E-state index in [4.69, 9.17) is 9.72 Å². The third kappa shape index (κ3) is 7.55. The van der Waals surface area contributed by atoms with Crippen LogP contribution in [0.4, 0.5) is 0 Å². The van der Waals surface area contributed by atoms with Crippen LogP contribution in [0, 0.1) is 18.3 Å². The number of hydrogen-bond donors (Lipinski definition) is 1. The first-order valence-electron chi connectivity index (χ1n) is 16.4. The van der Waals surface area contributed by atoms with Crippen molar-refractivity contribution in [1.82, 2.24) is 18.2 Å². The molecule has 49 heavy (non-hydrogen) atoms. The molecule has 9 nitrogen and oxygen atoms in total. The summed E-state index contributed by atoms with van der Waals surface area (Å²) in [5, 5.41) is 10.4. The van der Waals surface area contributed by atoms with Crippen LogP contribution in [0.2, 0.25) is 25.7 Å². The summed E-state index contributed by atoms with van der Waals surface area (Å²) in [6.45, 7) is 17.0. The Balaban J connectivity index is 1.72. The van der Waals surface area contributed by atoms with Crippen LogP contribution in [0.15, 0.2) is 65.7 Å². The summed E-state index contributed by atoms with van der Waals surface area (Å²) in [7, 11) is -6.79. The number of nitrogens with zero attached hydrogens (tertiary/aromatic N) is 4. The van der Waals surface area contributed by atoms with Crippen molar-refractivity contribution in [1.29, 1.82) is 5.26 Å². The van der Waals surface area contributed by atoms with Gasteiger partial charge >= 0.3 is 0 Å². The lowest BCUT2D eigenvalue weighted by Gasteiger charge is -2.29. The van der Waals surface area contributed by atoms with Crippen molar-refractivity contribution in [3.63, 3.8) is 0 Å². The van der Waals surface area contributed by atoms with Gasteiger partial charge in [0, 0.05) is 31.2 Å². The van der Waals surface area contributed by atoms with E-state index in [1.165, 1.54) is 15.7 Å². The molecule has 0 bridgehead atoms. The molecule has 0 aliphatic heterocycles. The molecular formula is C36H47N5O4S3Si. The minimum absolute atomic E-state index is 0.186. The predicted octanol–water partition coefficient (Wildman–Crippen LogP) is 7.77. The zero-order valence-corrected chi connectivity index (χ0v) is 33.3. The van der Waals surface area contributed by atoms with Crippen LogP contribution >= 0.6 is 11.8 Å². The standard InChI is InChI=1S/C36H47N5O4S3Si/c1-25-12-14-28(29-16-18-41(33(25)29)48(43,44)36(5)17-10-11-27(22-36)46-6)32(39-47(42)35(2,3)4)34-38-30-15-13-26(23-37)21-31(30)40(34)24-45-19-20-49(7,8)9/h10-16,18,21-22,32,39H,17,19-20,24H2,1-9H3. The highest BCUT2D eigenvalue weighted by molar-refractivity contribution is 8.02. The molecule has 2 aromatic heterocycles. The minimum atomic E-state index is -3.90. The summed E-state index contributed by atoms with van der Waals surface area (Å²) < 4.78 is 54.0. The average Bonchev–Trinajstić information content (AvgIpc) is 3.64. The third-order valence-electron chi connectivity index (χ3n) is 8.86. The topological polar surface area (TPSA) is 119 Å². The molecule has 1 aliphatic carbocycles. The summed E-state index contributed by atoms with van der Waals surface area (Å²) in [5.41, 5.74) is 4.01. The zero-order valence-electron chi connectivity index (χ0n) is 29.8. The Kier molecular flexibility index (Phi) is 10.6. The van der Waals surface area contributed by atoms with Crippen molar-refractivity contribution in [2.75, 3.05) is 12.9 Å². The molecule has 0 spiro atoms. The van der Waals surface area contributed by atoms with Gasteiger partial charge in [0.05, 0.1) is 43.9 Å². The highest BCUT2D eigenvalue weighted by atomic mass is 32.2. The van der Waals surface area contributed by atoms with Gasteiger partial charge in [0.2, 0.25) is 10.0 Å². The molecule has 3 atom stereocenters. The van der Waals surface area contributed by atoms with Gasteiger partial charge in [-0.3, -0.25) is 0 Å². The zero-order chi connectivity index (χ0) is 35.9. The number of nitriles is 1. The number of thioether (sulfide) groups is 1. The fourth-order valence-electron chi connectivity index (χ4n) is 5.86. The molecule has 1 N–H and O–H groups in total. The second-order valence-electron chi connectivity index (χ2n) is 15.0. The Bertz CT molecular complexity index is 2130. The van der Waals surface area contributed by atoms with Gasteiger partial charge in [0.15, 0.2) is 0 Å². The molecule has 0 fully saturated rings. The van der Waals surface area contributed by atoms with Crippen molar-refractivity contribution in [3.8, 4) is 6.07 Å². The predicted molar refractivity (Wildman–Crippen MR) is 206 cm³/mol. The first kappa shape index (κ1) is 37.3. The van der Waals surface area contributed by atoms with Gasteiger partial charge in [-0.25, -0.2) is 26.3 Å². The van der Waals surface area contributed by atoms with Crippen molar-refractivity contribution in [2.45, 2.75) is 89.0 Å². The number of nitrogens with one attached hydrogen (secondary N) is 1. The third-order valence-corrected chi connectivity index (χ3v) is 15.1. The molecule has 2 aromatic carbocycles. The number of allylic oxidation sites excluding steroid dienone is 2. The first-order chi connectivity index (χ1) is 22.9. The number of benzene rings is 2. The fourth-order valence-corrected chi connectivity index (χ4v) is 9.84. The van der Waals surface area contributed by atoms with E-state index in [0.717, 1.165) is 27.6 Å². The van der Waals surface area contributed by atoms with E-state index in [1.54, 1.807) is 25.3 Å².